The number of benzene rings is 4. The van der Waals surface area contributed by atoms with E-state index in [1.54, 1.807) is 38.2 Å². The van der Waals surface area contributed by atoms with Crippen LogP contribution in [0, 0.1) is 50.4 Å². The normalized spacial score (nSPS) is 11.2. The van der Waals surface area contributed by atoms with E-state index in [-0.39, 0.29) is 31.5 Å². The van der Waals surface area contributed by atoms with Gasteiger partial charge in [-0.05, 0) is 55.6 Å². The van der Waals surface area contributed by atoms with Crippen molar-refractivity contribution in [1.29, 1.82) is 0 Å². The molecule has 0 saturated heterocycles. The average molecular weight is 679 g/mol. The molecule has 0 spiro atoms. The van der Waals surface area contributed by atoms with E-state index in [0.29, 0.717) is 40.7 Å². The van der Waals surface area contributed by atoms with Crippen LogP contribution in [0.15, 0.2) is 85.1 Å². The number of hydrogen-bond donors (Lipinski definition) is 0. The summed E-state index contributed by atoms with van der Waals surface area (Å²) in [5.41, 5.74) is 4.21. The maximum absolute atomic E-state index is 14.7. The number of nitrogens with zero attached hydrogens (tertiary/aromatic N) is 4. The van der Waals surface area contributed by atoms with Crippen LogP contribution in [-0.4, -0.2) is 19.3 Å². The summed E-state index contributed by atoms with van der Waals surface area (Å²) < 4.78 is 52.7. The second-order valence-corrected chi connectivity index (χ2v) is 10.3. The quantitative estimate of drug-likeness (QED) is 0.135. The van der Waals surface area contributed by atoms with E-state index in [0.717, 1.165) is 33.2 Å². The first kappa shape index (κ1) is 29.4. The Morgan fingerprint density at radius 3 is 2.27 bits per heavy atom. The first-order valence-corrected chi connectivity index (χ1v) is 13.6. The monoisotopic (exact) mass is 678 g/mol. The molecule has 0 saturated carbocycles. The minimum Gasteiger partial charge on any atom is -0.509 e. The summed E-state index contributed by atoms with van der Waals surface area (Å²) in [6, 6.07) is 29.2. The molecule has 220 valence electrons. The van der Waals surface area contributed by atoms with Gasteiger partial charge in [-0.15, -0.1) is 35.7 Å². The number of para-hydroxylation sites is 1. The van der Waals surface area contributed by atoms with Gasteiger partial charge >= 0.3 is 20.4 Å². The molecule has 44 heavy (non-hydrogen) atoms. The van der Waals surface area contributed by atoms with Crippen LogP contribution in [0.5, 0.6) is 11.5 Å². The fourth-order valence-corrected chi connectivity index (χ4v) is 5.57. The second-order valence-electron chi connectivity index (χ2n) is 10.3. The molecule has 0 aliphatic carbocycles. The molecule has 0 unspecified atom stereocenters. The Hall–Kier alpha value is -4.71. The molecule has 5 nitrogen and oxygen atoms in total. The van der Waals surface area contributed by atoms with Crippen LogP contribution in [-0.2, 0) is 20.4 Å². The maximum Gasteiger partial charge on any atom is 2.00 e. The number of fused-ring (bicyclic) bond motifs is 3. The van der Waals surface area contributed by atoms with Gasteiger partial charge in [0.15, 0.2) is 0 Å². The largest absolute Gasteiger partial charge is 2.00 e. The van der Waals surface area contributed by atoms with Crippen molar-refractivity contribution in [3.05, 3.63) is 132 Å². The van der Waals surface area contributed by atoms with Crippen molar-refractivity contribution >= 4 is 21.8 Å². The number of hydrogen-bond acceptors (Lipinski definition) is 3. The van der Waals surface area contributed by atoms with Crippen molar-refractivity contribution in [2.45, 2.75) is 20.8 Å². The van der Waals surface area contributed by atoms with Crippen LogP contribution in [0.1, 0.15) is 17.0 Å². The maximum atomic E-state index is 14.7. The number of rotatable bonds is 5. The predicted molar refractivity (Wildman–Crippen MR) is 159 cm³/mol. The second kappa shape index (κ2) is 11.4. The molecule has 0 aliphatic rings. The minimum absolute atomic E-state index is 0. The third-order valence-electron chi connectivity index (χ3n) is 7.44. The summed E-state index contributed by atoms with van der Waals surface area (Å²) in [6.07, 6.45) is 1.79. The molecule has 0 radical (unpaired) electrons. The Kier molecular flexibility index (Phi) is 7.62. The van der Waals surface area contributed by atoms with Crippen LogP contribution < -0.4 is 4.74 Å². The summed E-state index contributed by atoms with van der Waals surface area (Å²) in [6.45, 7) is 5.37. The van der Waals surface area contributed by atoms with E-state index < -0.39 is 17.5 Å². The van der Waals surface area contributed by atoms with Gasteiger partial charge in [-0.25, -0.2) is 18.2 Å². The van der Waals surface area contributed by atoms with Gasteiger partial charge in [0.25, 0.3) is 0 Å². The van der Waals surface area contributed by atoms with E-state index in [1.807, 2.05) is 43.3 Å². The summed E-state index contributed by atoms with van der Waals surface area (Å²) in [4.78, 5) is 4.62. The Bertz CT molecular complexity index is 2180. The van der Waals surface area contributed by atoms with Gasteiger partial charge in [-0.2, -0.15) is 17.2 Å². The third kappa shape index (κ3) is 4.98. The zero-order chi connectivity index (χ0) is 29.8. The predicted octanol–water partition coefficient (Wildman–Crippen LogP) is 8.76. The van der Waals surface area contributed by atoms with E-state index in [2.05, 4.69) is 38.9 Å². The van der Waals surface area contributed by atoms with E-state index in [9.17, 15) is 13.2 Å². The minimum atomic E-state index is -0.992. The van der Waals surface area contributed by atoms with Crippen LogP contribution in [0.2, 0.25) is 0 Å². The van der Waals surface area contributed by atoms with Gasteiger partial charge < -0.3 is 9.30 Å². The summed E-state index contributed by atoms with van der Waals surface area (Å²) in [7, 11) is 0. The zero-order valence-electron chi connectivity index (χ0n) is 23.7. The first-order chi connectivity index (χ1) is 20.8. The number of aromatic nitrogens is 4. The topological polar surface area (TPSA) is 44.9 Å². The number of pyridine rings is 1. The molecule has 0 bridgehead atoms. The number of halogens is 3. The van der Waals surface area contributed by atoms with Crippen molar-refractivity contribution in [2.24, 2.45) is 0 Å². The molecule has 0 aliphatic heterocycles. The fourth-order valence-electron chi connectivity index (χ4n) is 5.57. The Morgan fingerprint density at radius 2 is 1.50 bits per heavy atom. The SMILES string of the molecule is Cc1ccnc(-n2c3[c-]c(Oc4[c-]c(-n5nc(C)c(-c6c(F)cc(F)cc6F)c5C)ccc4)ccc3c3ccccc32)c1.[Pd+2]. The van der Waals surface area contributed by atoms with Gasteiger partial charge in [-0.3, -0.25) is 4.68 Å². The summed E-state index contributed by atoms with van der Waals surface area (Å²) in [5, 5.41) is 6.60. The molecule has 3 aromatic heterocycles. The van der Waals surface area contributed by atoms with Crippen LogP contribution in [0.3, 0.4) is 0 Å². The first-order valence-electron chi connectivity index (χ1n) is 13.6. The van der Waals surface area contributed by atoms with Crippen molar-refractivity contribution in [3.63, 3.8) is 0 Å². The number of aryl methyl sites for hydroxylation is 2. The van der Waals surface area contributed by atoms with Crippen LogP contribution >= 0.6 is 0 Å². The molecular formula is C35H23F3N4OPd. The molecule has 0 N–H and O–H groups in total. The van der Waals surface area contributed by atoms with E-state index in [4.69, 9.17) is 4.74 Å². The smallest absolute Gasteiger partial charge is 0.509 e. The third-order valence-corrected chi connectivity index (χ3v) is 7.44. The van der Waals surface area contributed by atoms with Crippen molar-refractivity contribution in [1.82, 2.24) is 19.3 Å². The zero-order valence-corrected chi connectivity index (χ0v) is 25.3. The van der Waals surface area contributed by atoms with Gasteiger partial charge in [-0.1, -0.05) is 23.7 Å². The molecule has 0 atom stereocenters. The summed E-state index contributed by atoms with van der Waals surface area (Å²) >= 11 is 0. The fraction of sp³-hybridized carbons (Fsp3) is 0.0857. The standard InChI is InChI=1S/C35H23F3N4O.Pd/c1-20-13-14-39-33(15-20)41-31-10-5-4-9-27(31)28-12-11-26(19-32(28)41)43-25-8-6-7-24(18-25)42-22(3)34(21(2)40-42)35-29(37)16-23(36)17-30(35)38;/h4-17H,1-3H3;/q-2;+2. The Labute approximate surface area is 265 Å². The van der Waals surface area contributed by atoms with Gasteiger partial charge in [0.2, 0.25) is 0 Å². The van der Waals surface area contributed by atoms with Gasteiger partial charge in [0.1, 0.15) is 23.3 Å². The van der Waals surface area contributed by atoms with E-state index in [1.165, 1.54) is 4.68 Å². The Balaban J connectivity index is 0.00000343. The number of ether oxygens (including phenoxy) is 1. The molecule has 0 amide bonds. The molecular weight excluding hydrogens is 656 g/mol. The molecule has 9 heteroatoms. The Morgan fingerprint density at radius 1 is 0.750 bits per heavy atom. The molecule has 7 aromatic rings. The van der Waals surface area contributed by atoms with Crippen LogP contribution in [0.25, 0.3) is 44.4 Å². The van der Waals surface area contributed by atoms with Crippen molar-refractivity contribution in [2.75, 3.05) is 0 Å². The summed E-state index contributed by atoms with van der Waals surface area (Å²) in [5.74, 6) is -1.31. The molecule has 0 fully saturated rings. The van der Waals surface area contributed by atoms with Gasteiger partial charge in [0, 0.05) is 46.6 Å². The molecule has 3 heterocycles. The van der Waals surface area contributed by atoms with Crippen LogP contribution in [0.4, 0.5) is 13.2 Å². The van der Waals surface area contributed by atoms with Crippen molar-refractivity contribution in [3.8, 4) is 34.1 Å². The van der Waals surface area contributed by atoms with E-state index >= 15 is 0 Å². The molecule has 4 aromatic carbocycles. The molecule has 7 rings (SSSR count). The van der Waals surface area contributed by atoms with Crippen molar-refractivity contribution < 1.29 is 38.3 Å². The average Bonchev–Trinajstić information content (AvgIpc) is 3.46. The van der Waals surface area contributed by atoms with Gasteiger partial charge in [0.05, 0.1) is 11.3 Å².